The fourth-order valence-electron chi connectivity index (χ4n) is 3.86. The predicted molar refractivity (Wildman–Crippen MR) is 111 cm³/mol. The first-order valence-electron chi connectivity index (χ1n) is 9.86. The number of piperidine rings is 1. The van der Waals surface area contributed by atoms with Crippen LogP contribution in [-0.4, -0.2) is 49.0 Å². The summed E-state index contributed by atoms with van der Waals surface area (Å²) < 4.78 is 0. The third-order valence-corrected chi connectivity index (χ3v) is 5.21. The molecule has 1 unspecified atom stereocenters. The van der Waals surface area contributed by atoms with E-state index >= 15 is 0 Å². The van der Waals surface area contributed by atoms with Gasteiger partial charge in [-0.25, -0.2) is 4.99 Å². The third-order valence-electron chi connectivity index (χ3n) is 5.21. The topological polar surface area (TPSA) is 40.0 Å². The first-order valence-corrected chi connectivity index (χ1v) is 9.86. The van der Waals surface area contributed by atoms with Gasteiger partial charge in [-0.1, -0.05) is 23.8 Å². The Kier molecular flexibility index (Phi) is 6.25. The summed E-state index contributed by atoms with van der Waals surface area (Å²) in [4.78, 5) is 12.2. The molecule has 2 aliphatic rings. The zero-order valence-corrected chi connectivity index (χ0v) is 16.7. The number of likely N-dealkylation sites (N-methyl/N-ethyl adjacent to an activating group) is 1. The van der Waals surface area contributed by atoms with E-state index in [0.717, 1.165) is 43.2 Å². The van der Waals surface area contributed by atoms with Gasteiger partial charge in [0, 0.05) is 24.7 Å². The largest absolute Gasteiger partial charge is 0.366 e. The van der Waals surface area contributed by atoms with E-state index in [1.807, 2.05) is 0 Å². The van der Waals surface area contributed by atoms with Gasteiger partial charge in [0.2, 0.25) is 0 Å². The summed E-state index contributed by atoms with van der Waals surface area (Å²) in [6, 6.07) is 7.06. The molecule has 0 radical (unpaired) electrons. The maximum absolute atomic E-state index is 4.95. The maximum Gasteiger partial charge on any atom is 0.122 e. The first-order chi connectivity index (χ1) is 12.5. The smallest absolute Gasteiger partial charge is 0.122 e. The lowest BCUT2D eigenvalue weighted by Gasteiger charge is -2.31. The number of nitrogens with zero attached hydrogens (tertiary/aromatic N) is 3. The van der Waals surface area contributed by atoms with E-state index in [2.05, 4.69) is 62.3 Å². The van der Waals surface area contributed by atoms with Crippen LogP contribution in [0.5, 0.6) is 0 Å². The molecule has 26 heavy (non-hydrogen) atoms. The molecule has 1 fully saturated rings. The van der Waals surface area contributed by atoms with Crippen molar-refractivity contribution in [1.29, 1.82) is 0 Å². The van der Waals surface area contributed by atoms with Gasteiger partial charge < -0.3 is 10.2 Å². The highest BCUT2D eigenvalue weighted by atomic mass is 15.2. The Morgan fingerprint density at radius 1 is 1.15 bits per heavy atom. The number of aryl methyl sites for hydroxylation is 2. The van der Waals surface area contributed by atoms with E-state index in [-0.39, 0.29) is 0 Å². The summed E-state index contributed by atoms with van der Waals surface area (Å²) in [5, 5.41) is 3.69. The SMILES string of the molecule is CC1=N/C(NC2CCCN(C)C2)=C/CCC/N=C\1c1ccc(C)cc1C. The van der Waals surface area contributed by atoms with Crippen LogP contribution >= 0.6 is 0 Å². The van der Waals surface area contributed by atoms with Crippen molar-refractivity contribution in [1.82, 2.24) is 10.2 Å². The lowest BCUT2D eigenvalue weighted by molar-refractivity contribution is 0.234. The molecular weight excluding hydrogens is 320 g/mol. The fourth-order valence-corrected chi connectivity index (χ4v) is 3.86. The first kappa shape index (κ1) is 18.8. The number of nitrogens with one attached hydrogen (secondary N) is 1. The van der Waals surface area contributed by atoms with Crippen LogP contribution in [0.4, 0.5) is 0 Å². The van der Waals surface area contributed by atoms with Crippen LogP contribution in [0.1, 0.15) is 49.3 Å². The minimum absolute atomic E-state index is 0.485. The molecule has 0 amide bonds. The zero-order chi connectivity index (χ0) is 18.5. The van der Waals surface area contributed by atoms with Crippen LogP contribution in [0.3, 0.4) is 0 Å². The van der Waals surface area contributed by atoms with Gasteiger partial charge in [-0.05, 0) is 71.7 Å². The number of hydrogen-bond donors (Lipinski definition) is 1. The van der Waals surface area contributed by atoms with Gasteiger partial charge in [-0.2, -0.15) is 0 Å². The number of rotatable bonds is 3. The summed E-state index contributed by atoms with van der Waals surface area (Å²) in [7, 11) is 2.20. The molecule has 0 aromatic heterocycles. The quantitative estimate of drug-likeness (QED) is 0.897. The highest BCUT2D eigenvalue weighted by Gasteiger charge is 2.18. The standard InChI is InChI=1S/C22H32N4/c1-16-10-11-20(17(2)14-16)22-18(3)24-21(9-5-6-12-23-22)25-19-8-7-13-26(4)15-19/h9-11,14,19,25H,5-8,12-13,15H2,1-4H3/b21-9-,23-22+,24-18-. The minimum Gasteiger partial charge on any atom is -0.366 e. The van der Waals surface area contributed by atoms with Crippen LogP contribution in [-0.2, 0) is 0 Å². The maximum atomic E-state index is 4.95. The van der Waals surface area contributed by atoms with Crippen LogP contribution in [0.25, 0.3) is 0 Å². The second-order valence-electron chi connectivity index (χ2n) is 7.72. The normalized spacial score (nSPS) is 28.5. The second-order valence-corrected chi connectivity index (χ2v) is 7.72. The average molecular weight is 353 g/mol. The van der Waals surface area contributed by atoms with Crippen molar-refractivity contribution in [3.63, 3.8) is 0 Å². The molecule has 2 aliphatic heterocycles. The second kappa shape index (κ2) is 8.63. The van der Waals surface area contributed by atoms with Gasteiger partial charge in [-0.3, -0.25) is 4.99 Å². The molecule has 2 heterocycles. The molecule has 1 atom stereocenters. The van der Waals surface area contributed by atoms with Crippen LogP contribution in [0.15, 0.2) is 40.1 Å². The summed E-state index contributed by atoms with van der Waals surface area (Å²) in [6.45, 7) is 9.52. The van der Waals surface area contributed by atoms with Crippen molar-refractivity contribution >= 4 is 11.4 Å². The number of benzene rings is 1. The minimum atomic E-state index is 0.485. The van der Waals surface area contributed by atoms with Gasteiger partial charge in [-0.15, -0.1) is 0 Å². The van der Waals surface area contributed by atoms with Crippen molar-refractivity contribution in [3.05, 3.63) is 46.8 Å². The number of likely N-dealkylation sites (tertiary alicyclic amines) is 1. The van der Waals surface area contributed by atoms with E-state index in [1.54, 1.807) is 0 Å². The van der Waals surface area contributed by atoms with Crippen LogP contribution in [0, 0.1) is 13.8 Å². The fraction of sp³-hybridized carbons (Fsp3) is 0.545. The summed E-state index contributed by atoms with van der Waals surface area (Å²) >= 11 is 0. The number of aliphatic imine (C=N–C) groups is 2. The van der Waals surface area contributed by atoms with Gasteiger partial charge in [0.15, 0.2) is 0 Å². The van der Waals surface area contributed by atoms with E-state index in [1.165, 1.54) is 36.1 Å². The highest BCUT2D eigenvalue weighted by Crippen LogP contribution is 2.16. The summed E-state index contributed by atoms with van der Waals surface area (Å²) in [5.41, 5.74) is 5.80. The molecule has 1 aromatic rings. The Hall–Kier alpha value is -1.94. The molecule has 140 valence electrons. The zero-order valence-electron chi connectivity index (χ0n) is 16.7. The predicted octanol–water partition coefficient (Wildman–Crippen LogP) is 3.87. The number of allylic oxidation sites excluding steroid dienone is 1. The van der Waals surface area contributed by atoms with Crippen molar-refractivity contribution in [2.45, 2.75) is 52.5 Å². The van der Waals surface area contributed by atoms with Gasteiger partial charge in [0.05, 0.1) is 11.4 Å². The third kappa shape index (κ3) is 4.82. The summed E-state index contributed by atoms with van der Waals surface area (Å²) in [6.07, 6.45) is 6.80. The van der Waals surface area contributed by atoms with Crippen molar-refractivity contribution in [2.24, 2.45) is 9.98 Å². The van der Waals surface area contributed by atoms with Crippen molar-refractivity contribution in [3.8, 4) is 0 Å². The molecule has 1 N–H and O–H groups in total. The molecule has 1 aromatic carbocycles. The van der Waals surface area contributed by atoms with Crippen molar-refractivity contribution < 1.29 is 0 Å². The molecule has 0 bridgehead atoms. The monoisotopic (exact) mass is 352 g/mol. The van der Waals surface area contributed by atoms with E-state index in [4.69, 9.17) is 9.98 Å². The highest BCUT2D eigenvalue weighted by molar-refractivity contribution is 6.48. The molecular formula is C22H32N4. The molecule has 1 saturated heterocycles. The Morgan fingerprint density at radius 3 is 2.77 bits per heavy atom. The lowest BCUT2D eigenvalue weighted by Crippen LogP contribution is -2.43. The Labute approximate surface area is 158 Å². The average Bonchev–Trinajstić information content (AvgIpc) is 2.66. The van der Waals surface area contributed by atoms with Gasteiger partial charge in [0.25, 0.3) is 0 Å². The molecule has 0 spiro atoms. The van der Waals surface area contributed by atoms with Crippen LogP contribution < -0.4 is 5.32 Å². The molecule has 4 nitrogen and oxygen atoms in total. The Bertz CT molecular complexity index is 730. The molecule has 4 heteroatoms. The van der Waals surface area contributed by atoms with E-state index < -0.39 is 0 Å². The Morgan fingerprint density at radius 2 is 2.00 bits per heavy atom. The number of hydrogen-bond acceptors (Lipinski definition) is 4. The van der Waals surface area contributed by atoms with E-state index in [0.29, 0.717) is 6.04 Å². The molecule has 0 aliphatic carbocycles. The van der Waals surface area contributed by atoms with Gasteiger partial charge >= 0.3 is 0 Å². The van der Waals surface area contributed by atoms with Gasteiger partial charge in [0.1, 0.15) is 5.82 Å². The van der Waals surface area contributed by atoms with Crippen molar-refractivity contribution in [2.75, 3.05) is 26.7 Å². The lowest BCUT2D eigenvalue weighted by atomic mass is 9.99. The molecule has 0 saturated carbocycles. The van der Waals surface area contributed by atoms with Crippen LogP contribution in [0.2, 0.25) is 0 Å². The Balaban J connectivity index is 1.84. The summed E-state index contributed by atoms with van der Waals surface area (Å²) in [5.74, 6) is 1.02. The van der Waals surface area contributed by atoms with E-state index in [9.17, 15) is 0 Å². The molecule has 3 rings (SSSR count).